The molecule has 0 fully saturated rings. The summed E-state index contributed by atoms with van der Waals surface area (Å²) < 4.78 is 33.4. The fourth-order valence-electron chi connectivity index (χ4n) is 4.63. The summed E-state index contributed by atoms with van der Waals surface area (Å²) in [6.07, 6.45) is 1.66. The summed E-state index contributed by atoms with van der Waals surface area (Å²) in [5.74, 6) is -2.13. The molecule has 39 heavy (non-hydrogen) atoms. The second-order valence-electron chi connectivity index (χ2n) is 9.85. The molecule has 0 saturated heterocycles. The molecule has 0 heterocycles. The van der Waals surface area contributed by atoms with Gasteiger partial charge in [0.05, 0.1) is 5.56 Å². The van der Waals surface area contributed by atoms with Crippen LogP contribution in [0.1, 0.15) is 71.0 Å². The summed E-state index contributed by atoms with van der Waals surface area (Å²) in [6.45, 7) is 6.78. The SMILES string of the molecule is CCc1cccc(CNCC(OC(=O)c2cccc(C(=O)C(CC)CC)c2)C(N)Cc2cc(F)cc(F)c2)c1. The van der Waals surface area contributed by atoms with Gasteiger partial charge in [-0.1, -0.05) is 57.2 Å². The Labute approximate surface area is 229 Å². The van der Waals surface area contributed by atoms with Gasteiger partial charge in [0.2, 0.25) is 0 Å². The van der Waals surface area contributed by atoms with E-state index in [1.807, 2.05) is 26.0 Å². The number of hydrogen-bond acceptors (Lipinski definition) is 5. The number of benzene rings is 3. The van der Waals surface area contributed by atoms with Gasteiger partial charge in [-0.25, -0.2) is 13.6 Å². The van der Waals surface area contributed by atoms with E-state index in [9.17, 15) is 18.4 Å². The highest BCUT2D eigenvalue weighted by atomic mass is 19.1. The van der Waals surface area contributed by atoms with Gasteiger partial charge in [0.15, 0.2) is 5.78 Å². The van der Waals surface area contributed by atoms with E-state index in [1.165, 1.54) is 17.7 Å². The number of Topliss-reactive ketones (excluding diaryl/α,β-unsaturated/α-hetero) is 1. The van der Waals surface area contributed by atoms with E-state index in [4.69, 9.17) is 10.5 Å². The number of ether oxygens (including phenoxy) is 1. The van der Waals surface area contributed by atoms with Gasteiger partial charge in [0.1, 0.15) is 17.7 Å². The molecule has 0 aliphatic heterocycles. The van der Waals surface area contributed by atoms with Gasteiger partial charge in [0, 0.05) is 36.7 Å². The highest BCUT2D eigenvalue weighted by molar-refractivity contribution is 6.00. The van der Waals surface area contributed by atoms with Crippen molar-refractivity contribution in [2.24, 2.45) is 11.7 Å². The van der Waals surface area contributed by atoms with Crippen molar-refractivity contribution >= 4 is 11.8 Å². The van der Waals surface area contributed by atoms with Gasteiger partial charge in [-0.2, -0.15) is 0 Å². The molecule has 5 nitrogen and oxygen atoms in total. The maximum atomic E-state index is 13.8. The normalized spacial score (nSPS) is 12.8. The van der Waals surface area contributed by atoms with Gasteiger partial charge in [0.25, 0.3) is 0 Å². The van der Waals surface area contributed by atoms with Gasteiger partial charge < -0.3 is 15.8 Å². The third-order valence-electron chi connectivity index (χ3n) is 6.94. The molecule has 0 radical (unpaired) electrons. The van der Waals surface area contributed by atoms with E-state index in [-0.39, 0.29) is 30.2 Å². The fourth-order valence-corrected chi connectivity index (χ4v) is 4.63. The molecule has 3 aromatic carbocycles. The van der Waals surface area contributed by atoms with Crippen LogP contribution >= 0.6 is 0 Å². The molecule has 3 N–H and O–H groups in total. The average Bonchev–Trinajstić information content (AvgIpc) is 2.92. The van der Waals surface area contributed by atoms with Crippen molar-refractivity contribution in [2.45, 2.75) is 65.1 Å². The molecule has 0 spiro atoms. The lowest BCUT2D eigenvalue weighted by molar-refractivity contribution is 0.0238. The molecule has 3 rings (SSSR count). The molecule has 0 aliphatic rings. The van der Waals surface area contributed by atoms with Crippen LogP contribution in [0.3, 0.4) is 0 Å². The Morgan fingerprint density at radius 1 is 0.846 bits per heavy atom. The summed E-state index contributed by atoms with van der Waals surface area (Å²) >= 11 is 0. The molecule has 2 unspecified atom stereocenters. The molecule has 3 aromatic rings. The predicted octanol–water partition coefficient (Wildman–Crippen LogP) is 6.03. The molecule has 7 heteroatoms. The van der Waals surface area contributed by atoms with E-state index in [0.717, 1.165) is 18.1 Å². The lowest BCUT2D eigenvalue weighted by Gasteiger charge is -2.25. The quantitative estimate of drug-likeness (QED) is 0.194. The summed E-state index contributed by atoms with van der Waals surface area (Å²) in [6, 6.07) is 17.2. The Kier molecular flexibility index (Phi) is 11.3. The minimum Gasteiger partial charge on any atom is -0.456 e. The number of rotatable bonds is 14. The highest BCUT2D eigenvalue weighted by Gasteiger charge is 2.25. The van der Waals surface area contributed by atoms with Crippen LogP contribution in [0.25, 0.3) is 0 Å². The minimum atomic E-state index is -0.795. The van der Waals surface area contributed by atoms with Crippen molar-refractivity contribution in [1.29, 1.82) is 0 Å². The predicted molar refractivity (Wildman–Crippen MR) is 150 cm³/mol. The summed E-state index contributed by atoms with van der Waals surface area (Å²) in [5, 5.41) is 3.30. The Bertz CT molecular complexity index is 1240. The Morgan fingerprint density at radius 3 is 2.15 bits per heavy atom. The standard InChI is InChI=1S/C32H38F2N2O3/c1-4-21-9-7-10-22(13-21)19-36-20-30(29(35)16-23-14-27(33)18-28(34)15-23)39-32(38)26-12-8-11-25(17-26)31(37)24(5-2)6-3/h7-15,17-18,24,29-30,36H,4-6,16,19-20,35H2,1-3H3. The van der Waals surface area contributed by atoms with E-state index < -0.39 is 29.7 Å². The van der Waals surface area contributed by atoms with Crippen LogP contribution in [-0.4, -0.2) is 30.4 Å². The second kappa shape index (κ2) is 14.7. The monoisotopic (exact) mass is 536 g/mol. The van der Waals surface area contributed by atoms with Crippen molar-refractivity contribution in [3.63, 3.8) is 0 Å². The number of nitrogens with two attached hydrogens (primary N) is 1. The lowest BCUT2D eigenvalue weighted by Crippen LogP contribution is -2.46. The zero-order valence-corrected chi connectivity index (χ0v) is 22.9. The lowest BCUT2D eigenvalue weighted by atomic mass is 9.92. The molecular formula is C32H38F2N2O3. The fraction of sp³-hybridized carbons (Fsp3) is 0.375. The molecule has 0 amide bonds. The van der Waals surface area contributed by atoms with Crippen molar-refractivity contribution in [3.05, 3.63) is 106 Å². The first-order valence-electron chi connectivity index (χ1n) is 13.6. The summed E-state index contributed by atoms with van der Waals surface area (Å²) in [5.41, 5.74) is 9.81. The first-order chi connectivity index (χ1) is 18.7. The van der Waals surface area contributed by atoms with E-state index in [2.05, 4.69) is 24.4 Å². The topological polar surface area (TPSA) is 81.4 Å². The van der Waals surface area contributed by atoms with Crippen molar-refractivity contribution in [2.75, 3.05) is 6.54 Å². The maximum Gasteiger partial charge on any atom is 0.338 e. The van der Waals surface area contributed by atoms with Crippen LogP contribution in [0.2, 0.25) is 0 Å². The van der Waals surface area contributed by atoms with Gasteiger partial charge in [-0.3, -0.25) is 4.79 Å². The highest BCUT2D eigenvalue weighted by Crippen LogP contribution is 2.19. The summed E-state index contributed by atoms with van der Waals surface area (Å²) in [4.78, 5) is 26.0. The largest absolute Gasteiger partial charge is 0.456 e. The van der Waals surface area contributed by atoms with Crippen molar-refractivity contribution in [1.82, 2.24) is 5.32 Å². The third-order valence-corrected chi connectivity index (χ3v) is 6.94. The second-order valence-corrected chi connectivity index (χ2v) is 9.85. The Balaban J connectivity index is 1.77. The molecule has 0 aromatic heterocycles. The van der Waals surface area contributed by atoms with Crippen LogP contribution in [0.15, 0.2) is 66.7 Å². The van der Waals surface area contributed by atoms with Gasteiger partial charge in [-0.05, 0) is 66.6 Å². The van der Waals surface area contributed by atoms with Crippen LogP contribution < -0.4 is 11.1 Å². The smallest absolute Gasteiger partial charge is 0.338 e. The van der Waals surface area contributed by atoms with Gasteiger partial charge >= 0.3 is 5.97 Å². The number of aryl methyl sites for hydroxylation is 1. The van der Waals surface area contributed by atoms with Crippen LogP contribution in [0, 0.1) is 17.6 Å². The molecule has 2 atom stereocenters. The first-order valence-corrected chi connectivity index (χ1v) is 13.6. The molecule has 208 valence electrons. The number of nitrogens with one attached hydrogen (secondary N) is 1. The first kappa shape index (κ1) is 30.1. The number of esters is 1. The minimum absolute atomic E-state index is 0.00740. The molecular weight excluding hydrogens is 498 g/mol. The van der Waals surface area contributed by atoms with Crippen LogP contribution in [0.4, 0.5) is 8.78 Å². The Morgan fingerprint density at radius 2 is 1.49 bits per heavy atom. The number of halogens is 2. The van der Waals surface area contributed by atoms with Gasteiger partial charge in [-0.15, -0.1) is 0 Å². The Hall–Kier alpha value is -3.42. The van der Waals surface area contributed by atoms with Crippen molar-refractivity contribution in [3.8, 4) is 0 Å². The van der Waals surface area contributed by atoms with E-state index in [0.29, 0.717) is 30.5 Å². The number of carbonyl (C=O) groups is 2. The zero-order valence-electron chi connectivity index (χ0n) is 22.9. The molecule has 0 aliphatic carbocycles. The number of ketones is 1. The molecule has 0 saturated carbocycles. The average molecular weight is 537 g/mol. The van der Waals surface area contributed by atoms with Crippen LogP contribution in [-0.2, 0) is 24.1 Å². The zero-order chi connectivity index (χ0) is 28.4. The third kappa shape index (κ3) is 8.80. The number of carbonyl (C=O) groups excluding carboxylic acids is 2. The van der Waals surface area contributed by atoms with E-state index in [1.54, 1.807) is 24.3 Å². The van der Waals surface area contributed by atoms with Crippen LogP contribution in [0.5, 0.6) is 0 Å². The number of hydrogen-bond donors (Lipinski definition) is 2. The maximum absolute atomic E-state index is 13.8. The van der Waals surface area contributed by atoms with Crippen molar-refractivity contribution < 1.29 is 23.1 Å². The summed E-state index contributed by atoms with van der Waals surface area (Å²) in [7, 11) is 0. The molecule has 0 bridgehead atoms. The van der Waals surface area contributed by atoms with E-state index >= 15 is 0 Å².